The molecule has 0 amide bonds. The zero-order valence-electron chi connectivity index (χ0n) is 6.96. The molecule has 1 aromatic rings. The van der Waals surface area contributed by atoms with Crippen LogP contribution in [0.4, 0.5) is 0 Å². The second-order valence-corrected chi connectivity index (χ2v) is 10.4. The summed E-state index contributed by atoms with van der Waals surface area (Å²) in [6, 6.07) is 7.31. The van der Waals surface area contributed by atoms with Gasteiger partial charge in [-0.05, 0) is 35.6 Å². The number of hydrogen-bond donors (Lipinski definition) is 2. The van der Waals surface area contributed by atoms with Gasteiger partial charge in [0.1, 0.15) is 0 Å². The minimum Gasteiger partial charge on any atom is -0.329 e. The Morgan fingerprint density at radius 1 is 1.43 bits per heavy atom. The van der Waals surface area contributed by atoms with Crippen LogP contribution in [0, 0.1) is 0 Å². The molecule has 1 aromatic carbocycles. The summed E-state index contributed by atoms with van der Waals surface area (Å²) in [7, 11) is 0. The first-order valence-corrected chi connectivity index (χ1v) is 9.32. The van der Waals surface area contributed by atoms with Crippen LogP contribution in [0.2, 0.25) is 5.02 Å². The average molecular weight is 287 g/mol. The Labute approximate surface area is 101 Å². The van der Waals surface area contributed by atoms with Crippen LogP contribution in [0.25, 0.3) is 0 Å². The summed E-state index contributed by atoms with van der Waals surface area (Å²) < 4.78 is 10.8. The van der Waals surface area contributed by atoms with Gasteiger partial charge in [0.05, 0.1) is 5.08 Å². The number of halogens is 1. The molecule has 0 fully saturated rings. The van der Waals surface area contributed by atoms with Crippen molar-refractivity contribution in [1.29, 1.82) is 0 Å². The van der Waals surface area contributed by atoms with Gasteiger partial charge in [-0.15, -0.1) is 11.8 Å². The van der Waals surface area contributed by atoms with Gasteiger partial charge in [-0.25, -0.2) is 0 Å². The minimum absolute atomic E-state index is 0.499. The van der Waals surface area contributed by atoms with E-state index in [0.717, 1.165) is 16.3 Å². The number of hydrogen-bond acceptors (Lipinski definition) is 3. The van der Waals surface area contributed by atoms with Crippen molar-refractivity contribution in [3.8, 4) is 0 Å². The van der Waals surface area contributed by atoms with Gasteiger partial charge >= 0.3 is 5.77 Å². The Hall–Kier alpha value is 0.750. The van der Waals surface area contributed by atoms with E-state index >= 15 is 0 Å². The Bertz CT molecular complexity index is 337. The van der Waals surface area contributed by atoms with Crippen molar-refractivity contribution in [1.82, 2.24) is 0 Å². The zero-order valence-corrected chi connectivity index (χ0v) is 11.1. The summed E-state index contributed by atoms with van der Waals surface area (Å²) in [5, 5.41) is 1.18. The third-order valence-corrected chi connectivity index (χ3v) is 6.34. The topological polar surface area (TPSA) is 37.3 Å². The van der Waals surface area contributed by atoms with E-state index in [1.807, 2.05) is 12.1 Å². The van der Waals surface area contributed by atoms with Gasteiger partial charge < -0.3 is 4.89 Å². The molecule has 0 spiro atoms. The van der Waals surface area contributed by atoms with E-state index in [-0.39, 0.29) is 0 Å². The van der Waals surface area contributed by atoms with Gasteiger partial charge in [0.2, 0.25) is 0 Å². The van der Waals surface area contributed by atoms with Crippen molar-refractivity contribution < 1.29 is 9.46 Å². The van der Waals surface area contributed by atoms with E-state index in [1.165, 1.54) is 11.8 Å². The Morgan fingerprint density at radius 2 is 2.00 bits per heavy atom. The number of rotatable bonds is 4. The lowest BCUT2D eigenvalue weighted by Crippen LogP contribution is -1.72. The van der Waals surface area contributed by atoms with E-state index in [4.69, 9.17) is 16.5 Å². The first-order valence-electron chi connectivity index (χ1n) is 3.56. The van der Waals surface area contributed by atoms with E-state index in [1.54, 1.807) is 12.1 Å². The van der Waals surface area contributed by atoms with Crippen molar-refractivity contribution >= 4 is 52.8 Å². The molecule has 0 radical (unpaired) electrons. The highest BCUT2D eigenvalue weighted by Gasteiger charge is 2.11. The quantitative estimate of drug-likeness (QED) is 0.377. The Kier molecular flexibility index (Phi) is 5.25. The van der Waals surface area contributed by atoms with Crippen LogP contribution in [-0.2, 0) is 4.57 Å². The molecule has 1 N–H and O–H groups in total. The molecule has 7 heteroatoms. The van der Waals surface area contributed by atoms with Crippen LogP contribution in [0.1, 0.15) is 0 Å². The monoisotopic (exact) mass is 286 g/mol. The highest BCUT2D eigenvalue weighted by molar-refractivity contribution is 8.85. The average Bonchev–Trinajstić information content (AvgIpc) is 2.06. The second kappa shape index (κ2) is 5.73. The lowest BCUT2D eigenvalue weighted by Gasteiger charge is -2.03. The molecular weight excluding hydrogens is 279 g/mol. The van der Waals surface area contributed by atoms with Crippen molar-refractivity contribution in [2.75, 3.05) is 5.08 Å². The normalized spacial score (nSPS) is 15.1. The molecule has 0 heterocycles. The van der Waals surface area contributed by atoms with Crippen LogP contribution in [0.15, 0.2) is 29.2 Å². The molecule has 1 unspecified atom stereocenters. The maximum absolute atomic E-state index is 10.8. The van der Waals surface area contributed by atoms with Crippen LogP contribution in [-0.4, -0.2) is 9.98 Å². The first kappa shape index (κ1) is 12.8. The number of benzene rings is 1. The third kappa shape index (κ3) is 5.59. The van der Waals surface area contributed by atoms with Crippen LogP contribution >= 0.6 is 52.8 Å². The lowest BCUT2D eigenvalue weighted by atomic mass is 10.4. The molecule has 0 aliphatic heterocycles. The van der Waals surface area contributed by atoms with Crippen molar-refractivity contribution in [2.45, 2.75) is 4.90 Å². The molecule has 2 nitrogen and oxygen atoms in total. The van der Waals surface area contributed by atoms with E-state index in [2.05, 4.69) is 12.2 Å². The van der Waals surface area contributed by atoms with Crippen molar-refractivity contribution in [3.05, 3.63) is 29.3 Å². The standard InChI is InChI=1S/C7H8ClO2PS3/c8-6-1-3-7(4-2-6)13-5-14-11(9,10)12/h1-4H,5H2,(H2,9,10,12). The summed E-state index contributed by atoms with van der Waals surface area (Å²) in [5.74, 6) is -3.25. The predicted molar refractivity (Wildman–Crippen MR) is 68.6 cm³/mol. The number of thiol groups is 1. The largest absolute Gasteiger partial charge is 0.329 e. The van der Waals surface area contributed by atoms with Crippen LogP contribution in [0.5, 0.6) is 0 Å². The van der Waals surface area contributed by atoms with Gasteiger partial charge in [-0.1, -0.05) is 23.8 Å². The first-order chi connectivity index (χ1) is 6.47. The molecule has 0 aliphatic rings. The molecule has 78 valence electrons. The highest BCUT2D eigenvalue weighted by atomic mass is 35.5. The van der Waals surface area contributed by atoms with Gasteiger partial charge in [-0.2, -0.15) is 0 Å². The molecule has 1 rings (SSSR count). The molecule has 14 heavy (non-hydrogen) atoms. The fourth-order valence-corrected chi connectivity index (χ4v) is 5.44. The fraction of sp³-hybridized carbons (Fsp3) is 0.143. The number of thioether (sulfide) groups is 1. The van der Waals surface area contributed by atoms with Crippen molar-refractivity contribution in [3.63, 3.8) is 0 Å². The summed E-state index contributed by atoms with van der Waals surface area (Å²) in [6.45, 7) is 0. The Morgan fingerprint density at radius 3 is 2.50 bits per heavy atom. The predicted octanol–water partition coefficient (Wildman–Crippen LogP) is 4.15. The van der Waals surface area contributed by atoms with Gasteiger partial charge in [0.25, 0.3) is 0 Å². The maximum Gasteiger partial charge on any atom is 0.308 e. The molecule has 0 saturated heterocycles. The molecule has 0 bridgehead atoms. The summed E-state index contributed by atoms with van der Waals surface area (Å²) in [4.78, 5) is 9.91. The van der Waals surface area contributed by atoms with Gasteiger partial charge in [0.15, 0.2) is 0 Å². The maximum atomic E-state index is 10.8. The van der Waals surface area contributed by atoms with Gasteiger partial charge in [0, 0.05) is 9.92 Å². The van der Waals surface area contributed by atoms with E-state index in [9.17, 15) is 4.57 Å². The lowest BCUT2D eigenvalue weighted by molar-refractivity contribution is 0.515. The smallest absolute Gasteiger partial charge is 0.308 e. The minimum atomic E-state index is -3.25. The van der Waals surface area contributed by atoms with Crippen LogP contribution in [0.3, 0.4) is 0 Å². The molecule has 0 saturated carbocycles. The van der Waals surface area contributed by atoms with Gasteiger partial charge in [-0.3, -0.25) is 4.57 Å². The third-order valence-electron chi connectivity index (χ3n) is 1.26. The summed E-state index contributed by atoms with van der Waals surface area (Å²) >= 11 is 11.7. The fourth-order valence-electron chi connectivity index (χ4n) is 0.694. The summed E-state index contributed by atoms with van der Waals surface area (Å²) in [5.41, 5.74) is 0. The molecular formula is C7H8ClO2PS3. The molecule has 0 aromatic heterocycles. The summed E-state index contributed by atoms with van der Waals surface area (Å²) in [6.07, 6.45) is 0. The zero-order chi connectivity index (χ0) is 10.6. The molecule has 0 aliphatic carbocycles. The highest BCUT2D eigenvalue weighted by Crippen LogP contribution is 2.60. The molecule has 1 atom stereocenters. The van der Waals surface area contributed by atoms with Crippen LogP contribution < -0.4 is 0 Å². The SMILES string of the molecule is O=P(O)(S)SCSc1ccc(Cl)cc1. The van der Waals surface area contributed by atoms with E-state index < -0.39 is 5.77 Å². The Balaban J connectivity index is 2.39. The van der Waals surface area contributed by atoms with Crippen molar-refractivity contribution in [2.24, 2.45) is 0 Å². The van der Waals surface area contributed by atoms with E-state index in [0.29, 0.717) is 10.1 Å². The second-order valence-electron chi connectivity index (χ2n) is 2.34.